The van der Waals surface area contributed by atoms with Gasteiger partial charge in [-0.15, -0.1) is 0 Å². The molecule has 1 aliphatic heterocycles. The van der Waals surface area contributed by atoms with Gasteiger partial charge in [-0.1, -0.05) is 35.9 Å². The van der Waals surface area contributed by atoms with Crippen molar-refractivity contribution in [3.63, 3.8) is 0 Å². The molecule has 0 radical (unpaired) electrons. The molecule has 1 atom stereocenters. The van der Waals surface area contributed by atoms with Gasteiger partial charge < -0.3 is 10.1 Å². The second-order valence-electron chi connectivity index (χ2n) is 6.31. The van der Waals surface area contributed by atoms with Gasteiger partial charge in [0.1, 0.15) is 5.75 Å². The molecule has 2 aromatic carbocycles. The quantitative estimate of drug-likeness (QED) is 0.853. The lowest BCUT2D eigenvalue weighted by Crippen LogP contribution is -2.36. The molecule has 132 valence electrons. The van der Waals surface area contributed by atoms with E-state index in [0.29, 0.717) is 18.1 Å². The lowest BCUT2D eigenvalue weighted by Gasteiger charge is -2.24. The second kappa shape index (κ2) is 8.37. The van der Waals surface area contributed by atoms with Gasteiger partial charge in [0, 0.05) is 17.6 Å². The third-order valence-electron chi connectivity index (χ3n) is 4.57. The molecule has 3 rings (SSSR count). The average Bonchev–Trinajstić information content (AvgIpc) is 3.08. The van der Waals surface area contributed by atoms with Crippen LogP contribution in [0.1, 0.15) is 30.0 Å². The number of benzene rings is 2. The zero-order valence-electron chi connectivity index (χ0n) is 14.4. The molecular weight excluding hydrogens is 336 g/mol. The molecule has 5 heteroatoms. The van der Waals surface area contributed by atoms with Crippen molar-refractivity contribution in [2.45, 2.75) is 25.4 Å². The molecule has 0 spiro atoms. The summed E-state index contributed by atoms with van der Waals surface area (Å²) in [5, 5.41) is 3.67. The Balaban J connectivity index is 1.58. The van der Waals surface area contributed by atoms with E-state index in [9.17, 15) is 4.79 Å². The van der Waals surface area contributed by atoms with Gasteiger partial charge in [-0.2, -0.15) is 0 Å². The first kappa shape index (κ1) is 17.8. The van der Waals surface area contributed by atoms with Crippen molar-refractivity contribution in [1.29, 1.82) is 0 Å². The van der Waals surface area contributed by atoms with Gasteiger partial charge in [-0.3, -0.25) is 9.69 Å². The van der Waals surface area contributed by atoms with Gasteiger partial charge >= 0.3 is 0 Å². The fourth-order valence-corrected chi connectivity index (χ4v) is 3.54. The number of hydrogen-bond acceptors (Lipinski definition) is 3. The highest BCUT2D eigenvalue weighted by molar-refractivity contribution is 6.30. The monoisotopic (exact) mass is 358 g/mol. The Bertz CT molecular complexity index is 735. The standard InChI is InChI=1S/C20H23ClN2O2/c1-25-18-8-3-6-16(12-18)19-9-4-10-23(19)14-20(24)22-13-15-5-2-7-17(21)11-15/h2-3,5-8,11-12,19H,4,9-10,13-14H2,1H3,(H,22,24)/t19-/m1/s1. The zero-order chi connectivity index (χ0) is 17.6. The Kier molecular flexibility index (Phi) is 5.95. The molecular formula is C20H23ClN2O2. The van der Waals surface area contributed by atoms with Crippen molar-refractivity contribution in [1.82, 2.24) is 10.2 Å². The van der Waals surface area contributed by atoms with Crippen LogP contribution >= 0.6 is 11.6 Å². The van der Waals surface area contributed by atoms with Crippen molar-refractivity contribution in [2.75, 3.05) is 20.2 Å². The minimum atomic E-state index is 0.0368. The lowest BCUT2D eigenvalue weighted by atomic mass is 10.0. The molecule has 0 aliphatic carbocycles. The van der Waals surface area contributed by atoms with Gasteiger partial charge in [-0.05, 0) is 54.8 Å². The lowest BCUT2D eigenvalue weighted by molar-refractivity contribution is -0.122. The largest absolute Gasteiger partial charge is 0.497 e. The van der Waals surface area contributed by atoms with E-state index < -0.39 is 0 Å². The summed E-state index contributed by atoms with van der Waals surface area (Å²) < 4.78 is 5.32. The first-order chi connectivity index (χ1) is 12.2. The van der Waals surface area contributed by atoms with Crippen LogP contribution < -0.4 is 10.1 Å². The fourth-order valence-electron chi connectivity index (χ4n) is 3.33. The number of hydrogen-bond donors (Lipinski definition) is 1. The SMILES string of the molecule is COc1cccc([C@H]2CCCN2CC(=O)NCc2cccc(Cl)c2)c1. The van der Waals surface area contributed by atoms with Gasteiger partial charge in [0.2, 0.25) is 5.91 Å². The first-order valence-electron chi connectivity index (χ1n) is 8.55. The Morgan fingerprint density at radius 3 is 2.92 bits per heavy atom. The number of nitrogens with zero attached hydrogens (tertiary/aromatic N) is 1. The fraction of sp³-hybridized carbons (Fsp3) is 0.350. The molecule has 1 amide bonds. The maximum Gasteiger partial charge on any atom is 0.234 e. The van der Waals surface area contributed by atoms with Crippen LogP contribution in [0.25, 0.3) is 0 Å². The number of nitrogens with one attached hydrogen (secondary N) is 1. The molecule has 1 heterocycles. The van der Waals surface area contributed by atoms with E-state index >= 15 is 0 Å². The van der Waals surface area contributed by atoms with Gasteiger partial charge in [0.15, 0.2) is 0 Å². The van der Waals surface area contributed by atoms with E-state index in [2.05, 4.69) is 22.3 Å². The van der Waals surface area contributed by atoms with E-state index in [1.54, 1.807) is 7.11 Å². The van der Waals surface area contributed by atoms with Crippen LogP contribution in [-0.2, 0) is 11.3 Å². The molecule has 1 fully saturated rings. The van der Waals surface area contributed by atoms with Crippen molar-refractivity contribution in [3.05, 3.63) is 64.7 Å². The van der Waals surface area contributed by atoms with E-state index in [0.717, 1.165) is 30.7 Å². The van der Waals surface area contributed by atoms with Gasteiger partial charge in [0.25, 0.3) is 0 Å². The third-order valence-corrected chi connectivity index (χ3v) is 4.80. The smallest absolute Gasteiger partial charge is 0.234 e. The first-order valence-corrected chi connectivity index (χ1v) is 8.92. The number of carbonyl (C=O) groups is 1. The van der Waals surface area contributed by atoms with Crippen molar-refractivity contribution < 1.29 is 9.53 Å². The number of methoxy groups -OCH3 is 1. The Morgan fingerprint density at radius 1 is 1.28 bits per heavy atom. The van der Waals surface area contributed by atoms with Crippen LogP contribution in [0.4, 0.5) is 0 Å². The highest BCUT2D eigenvalue weighted by Crippen LogP contribution is 2.33. The minimum Gasteiger partial charge on any atom is -0.497 e. The van der Waals surface area contributed by atoms with Crippen LogP contribution in [0, 0.1) is 0 Å². The molecule has 0 bridgehead atoms. The van der Waals surface area contributed by atoms with Crippen LogP contribution in [0.15, 0.2) is 48.5 Å². The Labute approximate surface area is 153 Å². The average molecular weight is 359 g/mol. The van der Waals surface area contributed by atoms with E-state index in [1.807, 2.05) is 36.4 Å². The molecule has 0 saturated carbocycles. The minimum absolute atomic E-state index is 0.0368. The van der Waals surface area contributed by atoms with Crippen molar-refractivity contribution in [2.24, 2.45) is 0 Å². The van der Waals surface area contributed by atoms with E-state index in [-0.39, 0.29) is 11.9 Å². The predicted molar refractivity (Wildman–Crippen MR) is 99.8 cm³/mol. The Morgan fingerprint density at radius 2 is 2.12 bits per heavy atom. The number of halogens is 1. The summed E-state index contributed by atoms with van der Waals surface area (Å²) >= 11 is 5.98. The summed E-state index contributed by atoms with van der Waals surface area (Å²) in [5.74, 6) is 0.893. The molecule has 0 unspecified atom stereocenters. The maximum absolute atomic E-state index is 12.3. The number of amides is 1. The molecule has 2 aromatic rings. The molecule has 1 aliphatic rings. The summed E-state index contributed by atoms with van der Waals surface area (Å²) in [4.78, 5) is 14.6. The summed E-state index contributed by atoms with van der Waals surface area (Å²) in [6.07, 6.45) is 2.16. The normalized spacial score (nSPS) is 17.4. The molecule has 4 nitrogen and oxygen atoms in total. The number of ether oxygens (including phenoxy) is 1. The highest BCUT2D eigenvalue weighted by Gasteiger charge is 2.27. The molecule has 1 saturated heterocycles. The highest BCUT2D eigenvalue weighted by atomic mass is 35.5. The number of rotatable bonds is 6. The molecule has 0 aromatic heterocycles. The Hall–Kier alpha value is -2.04. The van der Waals surface area contributed by atoms with E-state index in [1.165, 1.54) is 5.56 Å². The predicted octanol–water partition coefficient (Wildman–Crippen LogP) is 3.80. The van der Waals surface area contributed by atoms with Crippen LogP contribution in [-0.4, -0.2) is 31.0 Å². The summed E-state index contributed by atoms with van der Waals surface area (Å²) in [5.41, 5.74) is 2.21. The second-order valence-corrected chi connectivity index (χ2v) is 6.75. The summed E-state index contributed by atoms with van der Waals surface area (Å²) in [6, 6.07) is 15.9. The van der Waals surface area contributed by atoms with Crippen LogP contribution in [0.3, 0.4) is 0 Å². The van der Waals surface area contributed by atoms with E-state index in [4.69, 9.17) is 16.3 Å². The number of carbonyl (C=O) groups excluding carboxylic acids is 1. The third kappa shape index (κ3) is 4.74. The topological polar surface area (TPSA) is 41.6 Å². The molecule has 25 heavy (non-hydrogen) atoms. The van der Waals surface area contributed by atoms with Crippen LogP contribution in [0.2, 0.25) is 5.02 Å². The van der Waals surface area contributed by atoms with Crippen molar-refractivity contribution in [3.8, 4) is 5.75 Å². The molecule has 1 N–H and O–H groups in total. The number of likely N-dealkylation sites (tertiary alicyclic amines) is 1. The van der Waals surface area contributed by atoms with Crippen LogP contribution in [0.5, 0.6) is 5.75 Å². The summed E-state index contributed by atoms with van der Waals surface area (Å²) in [6.45, 7) is 1.84. The summed E-state index contributed by atoms with van der Waals surface area (Å²) in [7, 11) is 1.68. The maximum atomic E-state index is 12.3. The van der Waals surface area contributed by atoms with Gasteiger partial charge in [0.05, 0.1) is 13.7 Å². The zero-order valence-corrected chi connectivity index (χ0v) is 15.1. The van der Waals surface area contributed by atoms with Gasteiger partial charge in [-0.25, -0.2) is 0 Å². The van der Waals surface area contributed by atoms with Crippen molar-refractivity contribution >= 4 is 17.5 Å².